The number of imidazole rings is 1. The van der Waals surface area contributed by atoms with E-state index in [-0.39, 0.29) is 17.1 Å². The molecule has 1 aliphatic rings. The number of rotatable bonds is 4. The molecule has 5 nitrogen and oxygen atoms in total. The van der Waals surface area contributed by atoms with E-state index in [1.807, 2.05) is 54.6 Å². The van der Waals surface area contributed by atoms with E-state index < -0.39 is 5.92 Å². The van der Waals surface area contributed by atoms with Gasteiger partial charge in [-0.3, -0.25) is 10.2 Å². The van der Waals surface area contributed by atoms with Crippen molar-refractivity contribution >= 4 is 33.8 Å². The van der Waals surface area contributed by atoms with Crippen molar-refractivity contribution in [2.45, 2.75) is 18.1 Å². The minimum Gasteiger partial charge on any atom is -0.465 e. The lowest BCUT2D eigenvalue weighted by atomic mass is 9.84. The molecular weight excluding hydrogens is 346 g/mol. The van der Waals surface area contributed by atoms with Crippen LogP contribution in [0, 0.1) is 11.3 Å². The number of nitrogens with one attached hydrogen (secondary N) is 2. The lowest BCUT2D eigenvalue weighted by Gasteiger charge is -2.21. The fraction of sp³-hybridized carbons (Fsp3) is 0.250. The number of aromatic nitrogens is 2. The maximum atomic E-state index is 12.6. The zero-order chi connectivity index (χ0) is 18.1. The van der Waals surface area contributed by atoms with E-state index >= 15 is 0 Å². The number of ether oxygens (including phenoxy) is 1. The first kappa shape index (κ1) is 16.8. The Bertz CT molecular complexity index is 921. The zero-order valence-corrected chi connectivity index (χ0v) is 15.1. The molecule has 1 aliphatic heterocycles. The topological polar surface area (TPSA) is 78.8 Å². The number of para-hydroxylation sites is 2. The van der Waals surface area contributed by atoms with E-state index in [1.165, 1.54) is 11.8 Å². The summed E-state index contributed by atoms with van der Waals surface area (Å²) in [5.41, 5.74) is 2.87. The van der Waals surface area contributed by atoms with Gasteiger partial charge in [-0.05, 0) is 24.6 Å². The van der Waals surface area contributed by atoms with Crippen LogP contribution in [0.2, 0.25) is 0 Å². The number of hydrogen-bond acceptors (Lipinski definition) is 5. The lowest BCUT2D eigenvalue weighted by Crippen LogP contribution is -2.26. The van der Waals surface area contributed by atoms with Gasteiger partial charge in [0, 0.05) is 5.92 Å². The molecule has 26 heavy (non-hydrogen) atoms. The smallest absolute Gasteiger partial charge is 0.316 e. The molecule has 0 aliphatic carbocycles. The molecule has 1 aromatic heterocycles. The highest BCUT2D eigenvalue weighted by atomic mass is 32.2. The Hall–Kier alpha value is -2.60. The minimum atomic E-state index is -0.597. The zero-order valence-electron chi connectivity index (χ0n) is 14.3. The number of benzene rings is 2. The summed E-state index contributed by atoms with van der Waals surface area (Å²) in [7, 11) is 0. The molecule has 1 saturated heterocycles. The van der Waals surface area contributed by atoms with Crippen molar-refractivity contribution in [3.63, 3.8) is 0 Å². The second-order valence-electron chi connectivity index (χ2n) is 6.21. The monoisotopic (exact) mass is 365 g/mol. The van der Waals surface area contributed by atoms with Gasteiger partial charge in [0.25, 0.3) is 0 Å². The van der Waals surface area contributed by atoms with Crippen LogP contribution in [0.1, 0.15) is 29.5 Å². The summed E-state index contributed by atoms with van der Waals surface area (Å²) < 4.78 is 5.27. The van der Waals surface area contributed by atoms with Crippen LogP contribution in [-0.2, 0) is 9.53 Å². The van der Waals surface area contributed by atoms with E-state index in [9.17, 15) is 4.79 Å². The normalized spacial score (nSPS) is 22.7. The molecule has 1 fully saturated rings. The van der Waals surface area contributed by atoms with Gasteiger partial charge in [0.05, 0.1) is 27.9 Å². The van der Waals surface area contributed by atoms with Crippen LogP contribution in [-0.4, -0.2) is 27.6 Å². The largest absolute Gasteiger partial charge is 0.465 e. The third-order valence-electron chi connectivity index (χ3n) is 4.62. The first-order valence-corrected chi connectivity index (χ1v) is 9.48. The van der Waals surface area contributed by atoms with Crippen LogP contribution in [0.4, 0.5) is 0 Å². The molecule has 3 aromatic rings. The van der Waals surface area contributed by atoms with Crippen LogP contribution in [0.5, 0.6) is 0 Å². The van der Waals surface area contributed by atoms with Crippen molar-refractivity contribution in [3.8, 4) is 0 Å². The predicted molar refractivity (Wildman–Crippen MR) is 103 cm³/mol. The second-order valence-corrected chi connectivity index (χ2v) is 7.39. The Morgan fingerprint density at radius 2 is 1.92 bits per heavy atom. The van der Waals surface area contributed by atoms with E-state index in [0.29, 0.717) is 11.7 Å². The van der Waals surface area contributed by atoms with Crippen molar-refractivity contribution in [1.29, 1.82) is 5.41 Å². The summed E-state index contributed by atoms with van der Waals surface area (Å²) in [4.78, 5) is 20.7. The number of carbonyl (C=O) groups is 1. The average molecular weight is 365 g/mol. The number of H-pyrrole nitrogens is 1. The Kier molecular flexibility index (Phi) is 4.51. The highest BCUT2D eigenvalue weighted by molar-refractivity contribution is 8.14. The first-order chi connectivity index (χ1) is 12.7. The number of carbonyl (C=O) groups excluding carboxylic acids is 1. The number of esters is 1. The third-order valence-corrected chi connectivity index (χ3v) is 5.90. The second kappa shape index (κ2) is 6.96. The Morgan fingerprint density at radius 1 is 1.19 bits per heavy atom. The van der Waals surface area contributed by atoms with Gasteiger partial charge in [0.15, 0.2) is 0 Å². The number of aromatic amines is 1. The van der Waals surface area contributed by atoms with Gasteiger partial charge in [0.1, 0.15) is 11.7 Å². The molecule has 6 heteroatoms. The number of hydrogen-bond donors (Lipinski definition) is 2. The Balaban J connectivity index is 1.79. The summed E-state index contributed by atoms with van der Waals surface area (Å²) in [6, 6.07) is 17.7. The highest BCUT2D eigenvalue weighted by Gasteiger charge is 2.48. The number of nitrogens with zero attached hydrogens (tertiary/aromatic N) is 1. The maximum absolute atomic E-state index is 12.6. The molecule has 0 saturated carbocycles. The van der Waals surface area contributed by atoms with Crippen LogP contribution in [0.3, 0.4) is 0 Å². The highest BCUT2D eigenvalue weighted by Crippen LogP contribution is 2.54. The molecular formula is C20H19N3O2S. The maximum Gasteiger partial charge on any atom is 0.316 e. The fourth-order valence-electron chi connectivity index (χ4n) is 3.48. The van der Waals surface area contributed by atoms with Crippen molar-refractivity contribution in [1.82, 2.24) is 9.97 Å². The van der Waals surface area contributed by atoms with Crippen LogP contribution >= 0.6 is 11.8 Å². The molecule has 132 valence electrons. The lowest BCUT2D eigenvalue weighted by molar-refractivity contribution is -0.146. The van der Waals surface area contributed by atoms with Gasteiger partial charge in [-0.2, -0.15) is 0 Å². The quantitative estimate of drug-likeness (QED) is 0.676. The molecule has 2 N–H and O–H groups in total. The van der Waals surface area contributed by atoms with Gasteiger partial charge in [-0.15, -0.1) is 0 Å². The minimum absolute atomic E-state index is 0.133. The molecule has 0 radical (unpaired) electrons. The Morgan fingerprint density at radius 3 is 2.65 bits per heavy atom. The molecule has 3 atom stereocenters. The van der Waals surface area contributed by atoms with Gasteiger partial charge in [-0.25, -0.2) is 4.98 Å². The number of fused-ring (bicyclic) bond motifs is 1. The van der Waals surface area contributed by atoms with Crippen molar-refractivity contribution in [3.05, 3.63) is 66.0 Å². The fourth-order valence-corrected chi connectivity index (χ4v) is 4.83. The van der Waals surface area contributed by atoms with Gasteiger partial charge >= 0.3 is 5.97 Å². The van der Waals surface area contributed by atoms with Crippen LogP contribution in [0.15, 0.2) is 54.6 Å². The molecule has 0 spiro atoms. The summed E-state index contributed by atoms with van der Waals surface area (Å²) in [5, 5.41) is 8.63. The van der Waals surface area contributed by atoms with Crippen LogP contribution in [0.25, 0.3) is 11.0 Å². The molecule has 2 aromatic carbocycles. The Labute approximate surface area is 155 Å². The molecule has 2 heterocycles. The van der Waals surface area contributed by atoms with E-state index in [2.05, 4.69) is 4.98 Å². The molecule has 0 bridgehead atoms. The van der Waals surface area contributed by atoms with Crippen molar-refractivity contribution in [2.24, 2.45) is 5.92 Å². The predicted octanol–water partition coefficient (Wildman–Crippen LogP) is 4.29. The SMILES string of the molecule is CCOC(=O)C1C(=N)SC(c2nc3ccccc3[nH]2)C1c1ccccc1. The van der Waals surface area contributed by atoms with Crippen molar-refractivity contribution < 1.29 is 9.53 Å². The number of thioether (sulfide) groups is 1. The van der Waals surface area contributed by atoms with Gasteiger partial charge in [-0.1, -0.05) is 54.2 Å². The van der Waals surface area contributed by atoms with E-state index in [4.69, 9.17) is 15.1 Å². The molecule has 4 rings (SSSR count). The van der Waals surface area contributed by atoms with E-state index in [0.717, 1.165) is 22.4 Å². The summed E-state index contributed by atoms with van der Waals surface area (Å²) >= 11 is 1.39. The van der Waals surface area contributed by atoms with Crippen molar-refractivity contribution in [2.75, 3.05) is 6.61 Å². The summed E-state index contributed by atoms with van der Waals surface area (Å²) in [6.45, 7) is 2.10. The van der Waals surface area contributed by atoms with Gasteiger partial charge in [0.2, 0.25) is 0 Å². The summed E-state index contributed by atoms with van der Waals surface area (Å²) in [6.07, 6.45) is 0. The standard InChI is InChI=1S/C20H19N3O2S/c1-2-25-20(24)16-15(12-8-4-3-5-9-12)17(26-18(16)21)19-22-13-10-6-7-11-14(13)23-19/h3-11,15-17,21H,2H2,1H3,(H,22,23). The van der Waals surface area contributed by atoms with Gasteiger partial charge < -0.3 is 9.72 Å². The third kappa shape index (κ3) is 2.90. The first-order valence-electron chi connectivity index (χ1n) is 8.60. The van der Waals surface area contributed by atoms with Crippen LogP contribution < -0.4 is 0 Å². The average Bonchev–Trinajstić information content (AvgIpc) is 3.23. The molecule has 0 amide bonds. The van der Waals surface area contributed by atoms with E-state index in [1.54, 1.807) is 6.92 Å². The summed E-state index contributed by atoms with van der Waals surface area (Å²) in [5.74, 6) is -0.326. The molecule has 3 unspecified atom stereocenters.